The lowest BCUT2D eigenvalue weighted by molar-refractivity contribution is 0.265. The minimum absolute atomic E-state index is 0.214. The molecule has 0 bridgehead atoms. The van der Waals surface area contributed by atoms with Crippen LogP contribution in [0.25, 0.3) is 0 Å². The fourth-order valence-electron chi connectivity index (χ4n) is 2.96. The van der Waals surface area contributed by atoms with Crippen LogP contribution in [0.5, 0.6) is 0 Å². The first-order chi connectivity index (χ1) is 9.70. The van der Waals surface area contributed by atoms with Crippen LogP contribution in [0.2, 0.25) is 13.6 Å². The van der Waals surface area contributed by atoms with Gasteiger partial charge in [0, 0.05) is 13.2 Å². The minimum atomic E-state index is 0.214. The van der Waals surface area contributed by atoms with Crippen molar-refractivity contribution in [2.24, 2.45) is 0 Å². The van der Waals surface area contributed by atoms with Crippen LogP contribution in [0.15, 0.2) is 24.3 Å². The van der Waals surface area contributed by atoms with Crippen molar-refractivity contribution in [3.63, 3.8) is 0 Å². The summed E-state index contributed by atoms with van der Waals surface area (Å²) < 4.78 is 2.43. The Morgan fingerprint density at radius 3 is 2.38 bits per heavy atom. The first-order valence-electron chi connectivity index (χ1n) is 7.96. The normalized spacial score (nSPS) is 19.4. The molecule has 3 nitrogen and oxygen atoms in total. The summed E-state index contributed by atoms with van der Waals surface area (Å²) in [6, 6.07) is 9.05. The van der Waals surface area contributed by atoms with Crippen molar-refractivity contribution in [2.75, 3.05) is 20.8 Å². The predicted octanol–water partition coefficient (Wildman–Crippen LogP) is 2.86. The van der Waals surface area contributed by atoms with Gasteiger partial charge in [0.2, 0.25) is 0 Å². The van der Waals surface area contributed by atoms with E-state index >= 15 is 0 Å². The molecule has 1 aromatic rings. The number of nitrogens with zero attached hydrogens (tertiary/aromatic N) is 3. The van der Waals surface area contributed by atoms with Crippen LogP contribution in [0, 0.1) is 0 Å². The highest BCUT2D eigenvalue weighted by atomic mass is 15.4. The second-order valence-electron chi connectivity index (χ2n) is 7.52. The molecule has 0 saturated carbocycles. The molecule has 1 aliphatic rings. The van der Waals surface area contributed by atoms with Gasteiger partial charge in [-0.1, -0.05) is 58.7 Å². The van der Waals surface area contributed by atoms with E-state index in [1.807, 2.05) is 0 Å². The molecule has 0 N–H and O–H groups in total. The van der Waals surface area contributed by atoms with Gasteiger partial charge in [0.1, 0.15) is 0 Å². The van der Waals surface area contributed by atoms with Gasteiger partial charge in [-0.3, -0.25) is 0 Å². The monoisotopic (exact) mass is 285 g/mol. The quantitative estimate of drug-likeness (QED) is 0.774. The van der Waals surface area contributed by atoms with E-state index in [1.165, 1.54) is 11.1 Å². The molecular weight excluding hydrogens is 256 g/mol. The maximum Gasteiger partial charge on any atom is 0.298 e. The van der Waals surface area contributed by atoms with Crippen LogP contribution in [-0.4, -0.2) is 49.1 Å². The molecule has 1 fully saturated rings. The van der Waals surface area contributed by atoms with Crippen LogP contribution in [0.3, 0.4) is 0 Å². The number of rotatable bonds is 2. The SMILES string of the molecule is CB1N(C)CN(Cc2cccc(C(C)(C)C)c2)B(C)N1C. The summed E-state index contributed by atoms with van der Waals surface area (Å²) in [4.78, 5) is 4.93. The van der Waals surface area contributed by atoms with Crippen LogP contribution >= 0.6 is 0 Å². The molecular formula is C16H29B2N3. The van der Waals surface area contributed by atoms with Gasteiger partial charge in [-0.25, -0.2) is 0 Å². The molecule has 21 heavy (non-hydrogen) atoms. The van der Waals surface area contributed by atoms with Crippen LogP contribution in [-0.2, 0) is 12.0 Å². The molecule has 0 atom stereocenters. The summed E-state index contributed by atoms with van der Waals surface area (Å²) in [6.45, 7) is 14.4. The van der Waals surface area contributed by atoms with Crippen molar-refractivity contribution >= 4 is 14.0 Å². The zero-order valence-corrected chi connectivity index (χ0v) is 14.7. The topological polar surface area (TPSA) is 9.72 Å². The molecule has 2 rings (SSSR count). The summed E-state index contributed by atoms with van der Waals surface area (Å²) in [5.41, 5.74) is 3.04. The van der Waals surface area contributed by atoms with E-state index in [-0.39, 0.29) is 5.41 Å². The minimum Gasteiger partial charge on any atom is -0.359 e. The first-order valence-corrected chi connectivity index (χ1v) is 7.96. The molecule has 5 heteroatoms. The zero-order valence-electron chi connectivity index (χ0n) is 14.7. The van der Waals surface area contributed by atoms with E-state index in [0.29, 0.717) is 14.0 Å². The molecule has 0 spiro atoms. The van der Waals surface area contributed by atoms with E-state index in [4.69, 9.17) is 0 Å². The van der Waals surface area contributed by atoms with Crippen LogP contribution in [0.1, 0.15) is 31.9 Å². The van der Waals surface area contributed by atoms with Crippen molar-refractivity contribution in [2.45, 2.75) is 46.4 Å². The van der Waals surface area contributed by atoms with Gasteiger partial charge >= 0.3 is 0 Å². The Hall–Kier alpha value is -0.770. The van der Waals surface area contributed by atoms with Crippen LogP contribution < -0.4 is 0 Å². The predicted molar refractivity (Wildman–Crippen MR) is 94.3 cm³/mol. The summed E-state index contributed by atoms with van der Waals surface area (Å²) in [5.74, 6) is 0. The lowest BCUT2D eigenvalue weighted by Gasteiger charge is -2.46. The molecule has 0 aromatic heterocycles. The third-order valence-electron chi connectivity index (χ3n) is 4.93. The molecule has 0 amide bonds. The van der Waals surface area contributed by atoms with Gasteiger partial charge in [0.05, 0.1) is 0 Å². The summed E-state index contributed by atoms with van der Waals surface area (Å²) >= 11 is 0. The highest BCUT2D eigenvalue weighted by Crippen LogP contribution is 2.24. The zero-order chi connectivity index (χ0) is 15.8. The van der Waals surface area contributed by atoms with Crippen LogP contribution in [0.4, 0.5) is 0 Å². The Kier molecular flexibility index (Phi) is 4.86. The Morgan fingerprint density at radius 2 is 1.76 bits per heavy atom. The highest BCUT2D eigenvalue weighted by molar-refractivity contribution is 6.69. The molecule has 0 aliphatic carbocycles. The molecule has 1 aromatic carbocycles. The molecule has 0 radical (unpaired) electrons. The first kappa shape index (κ1) is 16.6. The Balaban J connectivity index is 2.14. The number of benzene rings is 1. The van der Waals surface area contributed by atoms with E-state index in [2.05, 4.69) is 87.1 Å². The smallest absolute Gasteiger partial charge is 0.298 e. The Labute approximate surface area is 131 Å². The fourth-order valence-corrected chi connectivity index (χ4v) is 2.96. The summed E-state index contributed by atoms with van der Waals surface area (Å²) in [6.07, 6.45) is 0. The van der Waals surface area contributed by atoms with E-state index in [1.54, 1.807) is 0 Å². The molecule has 114 valence electrons. The summed E-state index contributed by atoms with van der Waals surface area (Å²) in [7, 11) is 4.41. The maximum absolute atomic E-state index is 2.53. The maximum atomic E-state index is 2.53. The van der Waals surface area contributed by atoms with Crippen molar-refractivity contribution in [1.82, 2.24) is 14.3 Å². The van der Waals surface area contributed by atoms with Gasteiger partial charge in [-0.2, -0.15) is 0 Å². The molecule has 0 unspecified atom stereocenters. The van der Waals surface area contributed by atoms with E-state index in [0.717, 1.165) is 13.2 Å². The average Bonchev–Trinajstić information content (AvgIpc) is 2.42. The average molecular weight is 285 g/mol. The number of hydrogen-bond donors (Lipinski definition) is 0. The standard InChI is InChI=1S/C16H29B2N3/c1-16(2,3)15-10-8-9-14(11-15)12-21-13-19(6)17(4)20(7)18(21)5/h8-11H,12-13H2,1-7H3. The number of hydrogen-bond acceptors (Lipinski definition) is 3. The van der Waals surface area contributed by atoms with Crippen molar-refractivity contribution in [3.8, 4) is 0 Å². The van der Waals surface area contributed by atoms with Gasteiger partial charge in [-0.15, -0.1) is 0 Å². The van der Waals surface area contributed by atoms with Crippen molar-refractivity contribution < 1.29 is 0 Å². The Bertz CT molecular complexity index is 487. The molecule has 1 saturated heterocycles. The largest absolute Gasteiger partial charge is 0.359 e. The van der Waals surface area contributed by atoms with E-state index < -0.39 is 0 Å². The third kappa shape index (κ3) is 3.71. The fraction of sp³-hybridized carbons (Fsp3) is 0.625. The second-order valence-corrected chi connectivity index (χ2v) is 7.52. The Morgan fingerprint density at radius 1 is 1.10 bits per heavy atom. The molecule has 1 aliphatic heterocycles. The summed E-state index contributed by atoms with van der Waals surface area (Å²) in [5, 5.41) is 0. The molecule has 1 heterocycles. The van der Waals surface area contributed by atoms with Gasteiger partial charge in [0.25, 0.3) is 14.0 Å². The van der Waals surface area contributed by atoms with Crippen molar-refractivity contribution in [3.05, 3.63) is 35.4 Å². The second kappa shape index (κ2) is 6.15. The third-order valence-corrected chi connectivity index (χ3v) is 4.93. The van der Waals surface area contributed by atoms with Crippen molar-refractivity contribution in [1.29, 1.82) is 0 Å². The van der Waals surface area contributed by atoms with Gasteiger partial charge < -0.3 is 14.3 Å². The van der Waals surface area contributed by atoms with Gasteiger partial charge in [0.15, 0.2) is 0 Å². The van der Waals surface area contributed by atoms with Gasteiger partial charge in [-0.05, 0) is 30.6 Å². The highest BCUT2D eigenvalue weighted by Gasteiger charge is 2.36. The van der Waals surface area contributed by atoms with E-state index in [9.17, 15) is 0 Å². The lowest BCUT2D eigenvalue weighted by Crippen LogP contribution is -2.66. The lowest BCUT2D eigenvalue weighted by atomic mass is 9.58.